The molecule has 0 atom stereocenters. The van der Waals surface area contributed by atoms with Crippen molar-refractivity contribution in [2.75, 3.05) is 36.4 Å². The molecule has 178 valence electrons. The summed E-state index contributed by atoms with van der Waals surface area (Å²) in [6, 6.07) is 19.9. The predicted octanol–water partition coefficient (Wildman–Crippen LogP) is 3.12. The lowest BCUT2D eigenvalue weighted by atomic mass is 10.1. The molecule has 2 aliphatic rings. The first-order valence-corrected chi connectivity index (χ1v) is 12.4. The highest BCUT2D eigenvalue weighted by Crippen LogP contribution is 2.27. The first-order chi connectivity index (χ1) is 16.8. The topological polar surface area (TPSA) is 125 Å². The second kappa shape index (κ2) is 8.84. The number of hydrogen-bond donors (Lipinski definition) is 1. The van der Waals surface area contributed by atoms with Crippen LogP contribution in [-0.2, 0) is 10.0 Å². The summed E-state index contributed by atoms with van der Waals surface area (Å²) in [5, 5.41) is 13.9. The van der Waals surface area contributed by atoms with Crippen molar-refractivity contribution in [2.24, 2.45) is 4.40 Å². The summed E-state index contributed by atoms with van der Waals surface area (Å²) in [4.78, 5) is 27.4. The molecule has 0 unspecified atom stereocenters. The molecule has 2 aliphatic heterocycles. The predicted molar refractivity (Wildman–Crippen MR) is 131 cm³/mol. The SMILES string of the molecule is O=C(c1ccc(NC2=NS(=O)(=O)c3ccccc32)cc1)N1CCN(c2ccc([N+](=O)[O-])cc2)CC1. The van der Waals surface area contributed by atoms with Crippen LogP contribution in [0, 0.1) is 10.1 Å². The van der Waals surface area contributed by atoms with Crippen molar-refractivity contribution in [3.05, 3.63) is 94.0 Å². The van der Waals surface area contributed by atoms with Crippen LogP contribution in [-0.4, -0.2) is 56.2 Å². The second-order valence-electron chi connectivity index (χ2n) is 8.17. The highest BCUT2D eigenvalue weighted by Gasteiger charge is 2.28. The van der Waals surface area contributed by atoms with Crippen LogP contribution in [0.3, 0.4) is 0 Å². The Labute approximate surface area is 201 Å². The average molecular weight is 492 g/mol. The summed E-state index contributed by atoms with van der Waals surface area (Å²) < 4.78 is 28.3. The summed E-state index contributed by atoms with van der Waals surface area (Å²) in [6.07, 6.45) is 0. The molecule has 1 saturated heterocycles. The molecule has 0 saturated carbocycles. The van der Waals surface area contributed by atoms with E-state index >= 15 is 0 Å². The maximum atomic E-state index is 13.0. The van der Waals surface area contributed by atoms with Crippen molar-refractivity contribution < 1.29 is 18.1 Å². The third-order valence-electron chi connectivity index (χ3n) is 6.02. The minimum Gasteiger partial charge on any atom is -0.368 e. The van der Waals surface area contributed by atoms with Gasteiger partial charge in [-0.3, -0.25) is 14.9 Å². The number of carbonyl (C=O) groups excluding carboxylic acids is 1. The van der Waals surface area contributed by atoms with Crippen LogP contribution < -0.4 is 10.2 Å². The van der Waals surface area contributed by atoms with Gasteiger partial charge in [-0.05, 0) is 48.5 Å². The number of rotatable bonds is 4. The molecule has 10 nitrogen and oxygen atoms in total. The Morgan fingerprint density at radius 3 is 2.23 bits per heavy atom. The summed E-state index contributed by atoms with van der Waals surface area (Å²) in [7, 11) is -3.71. The third kappa shape index (κ3) is 4.45. The zero-order valence-corrected chi connectivity index (χ0v) is 19.3. The van der Waals surface area contributed by atoms with Gasteiger partial charge in [-0.15, -0.1) is 4.40 Å². The zero-order valence-electron chi connectivity index (χ0n) is 18.5. The normalized spacial score (nSPS) is 16.4. The number of benzene rings is 3. The van der Waals surface area contributed by atoms with Gasteiger partial charge in [-0.1, -0.05) is 12.1 Å². The summed E-state index contributed by atoms with van der Waals surface area (Å²) >= 11 is 0. The molecule has 0 aliphatic carbocycles. The molecular weight excluding hydrogens is 470 g/mol. The van der Waals surface area contributed by atoms with Gasteiger partial charge in [0.2, 0.25) is 0 Å². The van der Waals surface area contributed by atoms with Gasteiger partial charge >= 0.3 is 0 Å². The van der Waals surface area contributed by atoms with Gasteiger partial charge in [0, 0.05) is 60.8 Å². The van der Waals surface area contributed by atoms with Crippen LogP contribution in [0.25, 0.3) is 0 Å². The lowest BCUT2D eigenvalue weighted by molar-refractivity contribution is -0.384. The maximum absolute atomic E-state index is 13.0. The summed E-state index contributed by atoms with van der Waals surface area (Å²) in [5.41, 5.74) is 2.59. The number of nitrogens with zero attached hydrogens (tertiary/aromatic N) is 4. The second-order valence-corrected chi connectivity index (χ2v) is 9.74. The fourth-order valence-electron chi connectivity index (χ4n) is 4.16. The van der Waals surface area contributed by atoms with Crippen molar-refractivity contribution in [2.45, 2.75) is 4.90 Å². The van der Waals surface area contributed by atoms with E-state index < -0.39 is 14.9 Å². The number of amidine groups is 1. The van der Waals surface area contributed by atoms with Crippen LogP contribution in [0.15, 0.2) is 82.1 Å². The number of sulfonamides is 1. The van der Waals surface area contributed by atoms with E-state index in [1.165, 1.54) is 18.2 Å². The quantitative estimate of drug-likeness (QED) is 0.439. The Hall–Kier alpha value is -4.25. The van der Waals surface area contributed by atoms with Gasteiger partial charge in [-0.2, -0.15) is 8.42 Å². The number of non-ortho nitro benzene ring substituents is 1. The number of piperazine rings is 1. The van der Waals surface area contributed by atoms with Crippen molar-refractivity contribution >= 4 is 38.8 Å². The van der Waals surface area contributed by atoms with Crippen LogP contribution in [0.5, 0.6) is 0 Å². The molecule has 0 radical (unpaired) electrons. The zero-order chi connectivity index (χ0) is 24.6. The molecule has 3 aromatic rings. The van der Waals surface area contributed by atoms with Crippen molar-refractivity contribution in [3.8, 4) is 0 Å². The molecule has 0 spiro atoms. The number of nitro groups is 1. The minimum absolute atomic E-state index is 0.0475. The minimum atomic E-state index is -3.71. The van der Waals surface area contributed by atoms with Crippen molar-refractivity contribution in [3.63, 3.8) is 0 Å². The number of nitrogens with one attached hydrogen (secondary N) is 1. The number of amides is 1. The van der Waals surface area contributed by atoms with Crippen LogP contribution >= 0.6 is 0 Å². The standard InChI is InChI=1S/C24H21N5O5S/c30-24(28-15-13-27(14-16-28)19-9-11-20(12-10-19)29(31)32)17-5-7-18(8-6-17)25-23-21-3-1-2-4-22(21)35(33,34)26-23/h1-12H,13-16H2,(H,25,26). The molecule has 2 heterocycles. The molecule has 35 heavy (non-hydrogen) atoms. The molecule has 1 fully saturated rings. The molecule has 11 heteroatoms. The molecule has 1 amide bonds. The van der Waals surface area contributed by atoms with E-state index in [9.17, 15) is 23.3 Å². The fraction of sp³-hybridized carbons (Fsp3) is 0.167. The number of carbonyl (C=O) groups is 1. The third-order valence-corrected chi connectivity index (χ3v) is 7.35. The van der Waals surface area contributed by atoms with E-state index in [0.717, 1.165) is 5.69 Å². The smallest absolute Gasteiger partial charge is 0.285 e. The van der Waals surface area contributed by atoms with E-state index in [-0.39, 0.29) is 22.3 Å². The number of nitro benzene ring substituents is 1. The molecule has 0 aromatic heterocycles. The van der Waals surface area contributed by atoms with E-state index in [1.54, 1.807) is 59.5 Å². The molecule has 1 N–H and O–H groups in total. The van der Waals surface area contributed by atoms with E-state index in [0.29, 0.717) is 43.0 Å². The van der Waals surface area contributed by atoms with Gasteiger partial charge in [0.05, 0.1) is 4.92 Å². The number of hydrogen-bond acceptors (Lipinski definition) is 7. The first-order valence-electron chi connectivity index (χ1n) is 10.9. The van der Waals surface area contributed by atoms with Gasteiger partial charge < -0.3 is 15.1 Å². The fourth-order valence-corrected chi connectivity index (χ4v) is 5.34. The van der Waals surface area contributed by atoms with E-state index in [4.69, 9.17) is 0 Å². The maximum Gasteiger partial charge on any atom is 0.285 e. The van der Waals surface area contributed by atoms with E-state index in [1.807, 2.05) is 0 Å². The van der Waals surface area contributed by atoms with Gasteiger partial charge in [0.1, 0.15) is 4.90 Å². The van der Waals surface area contributed by atoms with Crippen molar-refractivity contribution in [1.82, 2.24) is 4.90 Å². The van der Waals surface area contributed by atoms with Crippen LogP contribution in [0.4, 0.5) is 17.1 Å². The van der Waals surface area contributed by atoms with E-state index in [2.05, 4.69) is 14.6 Å². The van der Waals surface area contributed by atoms with Crippen molar-refractivity contribution in [1.29, 1.82) is 0 Å². The monoisotopic (exact) mass is 491 g/mol. The number of anilines is 2. The highest BCUT2D eigenvalue weighted by atomic mass is 32.2. The van der Waals surface area contributed by atoms with Gasteiger partial charge in [0.25, 0.3) is 21.6 Å². The Balaban J connectivity index is 1.21. The van der Waals surface area contributed by atoms with Crippen LogP contribution in [0.1, 0.15) is 15.9 Å². The van der Waals surface area contributed by atoms with Crippen LogP contribution in [0.2, 0.25) is 0 Å². The largest absolute Gasteiger partial charge is 0.368 e. The Morgan fingerprint density at radius 1 is 0.914 bits per heavy atom. The van der Waals surface area contributed by atoms with Gasteiger partial charge in [0.15, 0.2) is 5.84 Å². The Kier molecular flexibility index (Phi) is 5.69. The lowest BCUT2D eigenvalue weighted by Gasteiger charge is -2.36. The molecule has 0 bridgehead atoms. The lowest BCUT2D eigenvalue weighted by Crippen LogP contribution is -2.48. The molecule has 5 rings (SSSR count). The van der Waals surface area contributed by atoms with Gasteiger partial charge in [-0.25, -0.2) is 0 Å². The summed E-state index contributed by atoms with van der Waals surface area (Å²) in [5.74, 6) is 0.160. The highest BCUT2D eigenvalue weighted by molar-refractivity contribution is 7.90. The summed E-state index contributed by atoms with van der Waals surface area (Å²) in [6.45, 7) is 2.30. The average Bonchev–Trinajstić information content (AvgIpc) is 3.14. The molecule has 3 aromatic carbocycles. The molecular formula is C24H21N5O5S. The Morgan fingerprint density at radius 2 is 1.57 bits per heavy atom. The Bertz CT molecular complexity index is 1430. The number of fused-ring (bicyclic) bond motifs is 1. The first kappa shape index (κ1) is 22.5.